The second-order valence-electron chi connectivity index (χ2n) is 6.99. The fourth-order valence-electron chi connectivity index (χ4n) is 3.36. The van der Waals surface area contributed by atoms with Gasteiger partial charge < -0.3 is 14.6 Å². The Bertz CT molecular complexity index is 1230. The average molecular weight is 420 g/mol. The fraction of sp³-hybridized carbons (Fsp3) is 0.182. The third-order valence-corrected chi connectivity index (χ3v) is 4.98. The number of aryl methyl sites for hydroxylation is 1. The van der Waals surface area contributed by atoms with Gasteiger partial charge in [-0.3, -0.25) is 4.79 Å². The van der Waals surface area contributed by atoms with Gasteiger partial charge in [0.15, 0.2) is 5.69 Å². The number of carbonyl (C=O) groups excluding carboxylic acids is 1. The number of methoxy groups -OCH3 is 1. The average Bonchev–Trinajstić information content (AvgIpc) is 3.37. The standard InChI is InChI=1S/C22H21FN6O2/c1-14-19(26-27-29(14)17-8-5-9-18(13-17)31-3)22(30)25-20(21-24-10-11-28(21)2)15-6-4-7-16(23)12-15/h4-13,20H,1-3H3,(H,25,30). The van der Waals surface area contributed by atoms with E-state index in [1.54, 1.807) is 53.9 Å². The van der Waals surface area contributed by atoms with Gasteiger partial charge in [-0.15, -0.1) is 5.10 Å². The van der Waals surface area contributed by atoms with Crippen molar-refractivity contribution in [3.63, 3.8) is 0 Å². The van der Waals surface area contributed by atoms with E-state index in [1.165, 1.54) is 12.1 Å². The van der Waals surface area contributed by atoms with Crippen molar-refractivity contribution in [2.45, 2.75) is 13.0 Å². The Labute approximate surface area is 178 Å². The Morgan fingerprint density at radius 1 is 1.19 bits per heavy atom. The molecular weight excluding hydrogens is 399 g/mol. The number of hydrogen-bond acceptors (Lipinski definition) is 5. The van der Waals surface area contributed by atoms with Crippen LogP contribution in [0.4, 0.5) is 4.39 Å². The zero-order valence-corrected chi connectivity index (χ0v) is 17.3. The van der Waals surface area contributed by atoms with Crippen LogP contribution in [0.2, 0.25) is 0 Å². The summed E-state index contributed by atoms with van der Waals surface area (Å²) in [5.41, 5.74) is 2.01. The lowest BCUT2D eigenvalue weighted by molar-refractivity contribution is 0.0935. The fourth-order valence-corrected chi connectivity index (χ4v) is 3.36. The largest absolute Gasteiger partial charge is 0.497 e. The molecule has 4 rings (SSSR count). The molecule has 8 nitrogen and oxygen atoms in total. The number of benzene rings is 2. The maximum absolute atomic E-state index is 13.9. The number of imidazole rings is 1. The molecule has 2 aromatic heterocycles. The number of halogens is 1. The van der Waals surface area contributed by atoms with Crippen LogP contribution in [-0.2, 0) is 7.05 Å². The molecule has 2 aromatic carbocycles. The number of nitrogens with one attached hydrogen (secondary N) is 1. The SMILES string of the molecule is COc1cccc(-n2nnc(C(=O)NC(c3cccc(F)c3)c3nccn3C)c2C)c1. The zero-order valence-electron chi connectivity index (χ0n) is 17.3. The van der Waals surface area contributed by atoms with Gasteiger partial charge in [0.1, 0.15) is 23.4 Å². The molecule has 0 spiro atoms. The molecule has 1 atom stereocenters. The first-order chi connectivity index (χ1) is 15.0. The quantitative estimate of drug-likeness (QED) is 0.518. The summed E-state index contributed by atoms with van der Waals surface area (Å²) in [6.07, 6.45) is 3.39. The molecule has 0 saturated carbocycles. The van der Waals surface area contributed by atoms with E-state index in [4.69, 9.17) is 4.74 Å². The number of aromatic nitrogens is 5. The smallest absolute Gasteiger partial charge is 0.274 e. The number of amides is 1. The van der Waals surface area contributed by atoms with Crippen molar-refractivity contribution >= 4 is 5.91 Å². The highest BCUT2D eigenvalue weighted by atomic mass is 19.1. The van der Waals surface area contributed by atoms with Gasteiger partial charge in [0.05, 0.1) is 18.5 Å². The summed E-state index contributed by atoms with van der Waals surface area (Å²) in [5.74, 6) is 0.395. The molecule has 0 radical (unpaired) electrons. The number of rotatable bonds is 6. The Morgan fingerprint density at radius 3 is 2.71 bits per heavy atom. The van der Waals surface area contributed by atoms with Crippen molar-refractivity contribution in [3.8, 4) is 11.4 Å². The van der Waals surface area contributed by atoms with Crippen LogP contribution in [0, 0.1) is 12.7 Å². The van der Waals surface area contributed by atoms with E-state index in [0.29, 0.717) is 28.5 Å². The summed E-state index contributed by atoms with van der Waals surface area (Å²) in [5, 5.41) is 11.1. The predicted molar refractivity (Wildman–Crippen MR) is 112 cm³/mol. The molecule has 9 heteroatoms. The van der Waals surface area contributed by atoms with Crippen LogP contribution in [0.1, 0.15) is 33.6 Å². The molecule has 1 N–H and O–H groups in total. The lowest BCUT2D eigenvalue weighted by atomic mass is 10.1. The van der Waals surface area contributed by atoms with Gasteiger partial charge >= 0.3 is 0 Å². The highest BCUT2D eigenvalue weighted by Crippen LogP contribution is 2.23. The molecule has 0 bridgehead atoms. The number of ether oxygens (including phenoxy) is 1. The van der Waals surface area contributed by atoms with Crippen LogP contribution in [0.25, 0.3) is 5.69 Å². The van der Waals surface area contributed by atoms with Gasteiger partial charge in [0.25, 0.3) is 5.91 Å². The van der Waals surface area contributed by atoms with Gasteiger partial charge in [-0.05, 0) is 36.8 Å². The van der Waals surface area contributed by atoms with Crippen LogP contribution < -0.4 is 10.1 Å². The number of hydrogen-bond donors (Lipinski definition) is 1. The second kappa shape index (κ2) is 8.39. The minimum absolute atomic E-state index is 0.165. The molecule has 0 aliphatic carbocycles. The van der Waals surface area contributed by atoms with Crippen LogP contribution in [0.3, 0.4) is 0 Å². The van der Waals surface area contributed by atoms with Crippen molar-refractivity contribution in [2.75, 3.05) is 7.11 Å². The van der Waals surface area contributed by atoms with Crippen molar-refractivity contribution in [1.82, 2.24) is 29.9 Å². The maximum atomic E-state index is 13.9. The first-order valence-corrected chi connectivity index (χ1v) is 9.58. The Morgan fingerprint density at radius 2 is 2.00 bits per heavy atom. The Kier molecular flexibility index (Phi) is 5.48. The van der Waals surface area contributed by atoms with E-state index in [9.17, 15) is 9.18 Å². The van der Waals surface area contributed by atoms with E-state index < -0.39 is 17.8 Å². The third-order valence-electron chi connectivity index (χ3n) is 4.98. The molecular formula is C22H21FN6O2. The molecule has 0 fully saturated rings. The third kappa shape index (κ3) is 4.02. The van der Waals surface area contributed by atoms with E-state index >= 15 is 0 Å². The zero-order chi connectivity index (χ0) is 22.0. The van der Waals surface area contributed by atoms with Crippen molar-refractivity contribution in [1.29, 1.82) is 0 Å². The summed E-state index contributed by atoms with van der Waals surface area (Å²) in [6.45, 7) is 1.76. The molecule has 0 saturated heterocycles. The van der Waals surface area contributed by atoms with Crippen LogP contribution in [0.5, 0.6) is 5.75 Å². The molecule has 1 amide bonds. The minimum Gasteiger partial charge on any atom is -0.497 e. The van der Waals surface area contributed by atoms with E-state index in [0.717, 1.165) is 0 Å². The first kappa shape index (κ1) is 20.3. The van der Waals surface area contributed by atoms with Gasteiger partial charge in [0.2, 0.25) is 0 Å². The summed E-state index contributed by atoms with van der Waals surface area (Å²) in [4.78, 5) is 17.5. The van der Waals surface area contributed by atoms with Crippen LogP contribution in [0.15, 0.2) is 60.9 Å². The predicted octanol–water partition coefficient (Wildman–Crippen LogP) is 2.98. The van der Waals surface area contributed by atoms with E-state index in [1.807, 2.05) is 25.2 Å². The normalized spacial score (nSPS) is 11.9. The Balaban J connectivity index is 1.67. The summed E-state index contributed by atoms with van der Waals surface area (Å²) >= 11 is 0. The lowest BCUT2D eigenvalue weighted by Crippen LogP contribution is -2.32. The van der Waals surface area contributed by atoms with Crippen LogP contribution >= 0.6 is 0 Å². The molecule has 0 aliphatic rings. The molecule has 1 unspecified atom stereocenters. The van der Waals surface area contributed by atoms with Gasteiger partial charge in [-0.1, -0.05) is 23.4 Å². The van der Waals surface area contributed by atoms with Crippen LogP contribution in [-0.4, -0.2) is 37.6 Å². The number of carbonyl (C=O) groups is 1. The highest BCUT2D eigenvalue weighted by Gasteiger charge is 2.25. The molecule has 4 aromatic rings. The lowest BCUT2D eigenvalue weighted by Gasteiger charge is -2.19. The van der Waals surface area contributed by atoms with E-state index in [-0.39, 0.29) is 5.69 Å². The highest BCUT2D eigenvalue weighted by molar-refractivity contribution is 5.93. The molecule has 0 aliphatic heterocycles. The summed E-state index contributed by atoms with van der Waals surface area (Å²) < 4.78 is 22.5. The van der Waals surface area contributed by atoms with Crippen molar-refractivity contribution in [3.05, 3.63) is 89.5 Å². The second-order valence-corrected chi connectivity index (χ2v) is 6.99. The topological polar surface area (TPSA) is 86.9 Å². The minimum atomic E-state index is -0.662. The maximum Gasteiger partial charge on any atom is 0.274 e. The monoisotopic (exact) mass is 420 g/mol. The summed E-state index contributed by atoms with van der Waals surface area (Å²) in [7, 11) is 3.39. The first-order valence-electron chi connectivity index (χ1n) is 9.58. The van der Waals surface area contributed by atoms with Crippen molar-refractivity contribution in [2.24, 2.45) is 7.05 Å². The molecule has 158 valence electrons. The van der Waals surface area contributed by atoms with Crippen molar-refractivity contribution < 1.29 is 13.9 Å². The number of nitrogens with zero attached hydrogens (tertiary/aromatic N) is 5. The molecule has 31 heavy (non-hydrogen) atoms. The Hall–Kier alpha value is -4.01. The summed E-state index contributed by atoms with van der Waals surface area (Å²) in [6, 6.07) is 12.7. The van der Waals surface area contributed by atoms with E-state index in [2.05, 4.69) is 20.6 Å². The van der Waals surface area contributed by atoms with Gasteiger partial charge in [-0.25, -0.2) is 14.1 Å². The molecule has 2 heterocycles. The van der Waals surface area contributed by atoms with Gasteiger partial charge in [-0.2, -0.15) is 0 Å². The van der Waals surface area contributed by atoms with Gasteiger partial charge in [0, 0.05) is 25.5 Å².